The summed E-state index contributed by atoms with van der Waals surface area (Å²) in [6.07, 6.45) is 0. The van der Waals surface area contributed by atoms with E-state index < -0.39 is 0 Å². The average Bonchev–Trinajstić information content (AvgIpc) is 2.55. The highest BCUT2D eigenvalue weighted by molar-refractivity contribution is 5.97. The minimum absolute atomic E-state index is 0.211. The van der Waals surface area contributed by atoms with Gasteiger partial charge in [-0.05, 0) is 50.2 Å². The lowest BCUT2D eigenvalue weighted by Gasteiger charge is -2.12. The molecule has 0 aliphatic rings. The van der Waals surface area contributed by atoms with E-state index in [2.05, 4.69) is 5.32 Å². The van der Waals surface area contributed by atoms with Gasteiger partial charge in [-0.1, -0.05) is 6.07 Å². The van der Waals surface area contributed by atoms with Crippen LogP contribution in [0.2, 0.25) is 0 Å². The van der Waals surface area contributed by atoms with Gasteiger partial charge in [0.25, 0.3) is 5.91 Å². The molecule has 5 nitrogen and oxygen atoms in total. The first-order chi connectivity index (χ1) is 11.0. The second-order valence-electron chi connectivity index (χ2n) is 5.18. The molecule has 23 heavy (non-hydrogen) atoms. The SMILES string of the molecule is COc1cccc(Oc2ccc(C(=O)NC(C)C(C)=N)cc2)c1. The number of ether oxygens (including phenoxy) is 2. The van der Waals surface area contributed by atoms with E-state index in [4.69, 9.17) is 14.9 Å². The Bertz CT molecular complexity index is 696. The summed E-state index contributed by atoms with van der Waals surface area (Å²) in [5, 5.41) is 10.3. The molecule has 0 saturated carbocycles. The number of rotatable bonds is 6. The van der Waals surface area contributed by atoms with E-state index in [0.717, 1.165) is 5.75 Å². The molecule has 0 radical (unpaired) electrons. The number of methoxy groups -OCH3 is 1. The Labute approximate surface area is 135 Å². The molecule has 5 heteroatoms. The first-order valence-electron chi connectivity index (χ1n) is 7.27. The molecule has 2 aromatic rings. The van der Waals surface area contributed by atoms with Gasteiger partial charge in [0.1, 0.15) is 17.2 Å². The Kier molecular flexibility index (Phi) is 5.36. The number of amides is 1. The van der Waals surface area contributed by atoms with Gasteiger partial charge < -0.3 is 20.2 Å². The normalized spacial score (nSPS) is 11.4. The molecule has 0 aliphatic heterocycles. The van der Waals surface area contributed by atoms with Crippen molar-refractivity contribution in [1.82, 2.24) is 5.32 Å². The molecule has 0 aliphatic carbocycles. The monoisotopic (exact) mass is 312 g/mol. The van der Waals surface area contributed by atoms with Gasteiger partial charge in [-0.15, -0.1) is 0 Å². The van der Waals surface area contributed by atoms with Crippen molar-refractivity contribution in [2.45, 2.75) is 19.9 Å². The first-order valence-corrected chi connectivity index (χ1v) is 7.27. The number of carbonyl (C=O) groups is 1. The molecule has 120 valence electrons. The van der Waals surface area contributed by atoms with Crippen molar-refractivity contribution < 1.29 is 14.3 Å². The van der Waals surface area contributed by atoms with E-state index in [-0.39, 0.29) is 11.9 Å². The van der Waals surface area contributed by atoms with Gasteiger partial charge in [-0.3, -0.25) is 4.79 Å². The molecule has 0 fully saturated rings. The van der Waals surface area contributed by atoms with Crippen LogP contribution >= 0.6 is 0 Å². The van der Waals surface area contributed by atoms with Gasteiger partial charge in [0, 0.05) is 17.3 Å². The van der Waals surface area contributed by atoms with Crippen LogP contribution in [0.4, 0.5) is 0 Å². The Morgan fingerprint density at radius 3 is 2.35 bits per heavy atom. The van der Waals surface area contributed by atoms with E-state index in [1.54, 1.807) is 51.3 Å². The van der Waals surface area contributed by atoms with Crippen molar-refractivity contribution in [2.75, 3.05) is 7.11 Å². The average molecular weight is 312 g/mol. The molecular formula is C18H20N2O3. The lowest BCUT2D eigenvalue weighted by atomic mass is 10.1. The van der Waals surface area contributed by atoms with Gasteiger partial charge in [0.15, 0.2) is 0 Å². The molecular weight excluding hydrogens is 292 g/mol. The zero-order chi connectivity index (χ0) is 16.8. The number of nitrogens with one attached hydrogen (secondary N) is 2. The standard InChI is InChI=1S/C18H20N2O3/c1-12(19)13(2)20-18(21)14-7-9-15(10-8-14)23-17-6-4-5-16(11-17)22-3/h4-11,13,19H,1-3H3,(H,20,21). The van der Waals surface area contributed by atoms with Crippen molar-refractivity contribution in [3.63, 3.8) is 0 Å². The Morgan fingerprint density at radius 1 is 1.09 bits per heavy atom. The van der Waals surface area contributed by atoms with Crippen LogP contribution in [0.25, 0.3) is 0 Å². The minimum atomic E-state index is -0.282. The van der Waals surface area contributed by atoms with Crippen molar-refractivity contribution in [3.8, 4) is 17.2 Å². The van der Waals surface area contributed by atoms with Gasteiger partial charge in [-0.25, -0.2) is 0 Å². The van der Waals surface area contributed by atoms with Gasteiger partial charge in [-0.2, -0.15) is 0 Å². The van der Waals surface area contributed by atoms with Gasteiger partial charge in [0.05, 0.1) is 13.2 Å². The lowest BCUT2D eigenvalue weighted by molar-refractivity contribution is 0.0949. The third-order valence-electron chi connectivity index (χ3n) is 3.39. The fraction of sp³-hybridized carbons (Fsp3) is 0.222. The van der Waals surface area contributed by atoms with Crippen LogP contribution in [-0.2, 0) is 0 Å². The van der Waals surface area contributed by atoms with Crippen molar-refractivity contribution in [2.24, 2.45) is 0 Å². The zero-order valence-corrected chi connectivity index (χ0v) is 13.4. The van der Waals surface area contributed by atoms with Crippen molar-refractivity contribution >= 4 is 11.6 Å². The summed E-state index contributed by atoms with van der Waals surface area (Å²) in [4.78, 5) is 12.0. The highest BCUT2D eigenvalue weighted by atomic mass is 16.5. The first kappa shape index (κ1) is 16.5. The third kappa shape index (κ3) is 4.57. The van der Waals surface area contributed by atoms with E-state index >= 15 is 0 Å². The molecule has 1 amide bonds. The maximum atomic E-state index is 12.0. The minimum Gasteiger partial charge on any atom is -0.497 e. The van der Waals surface area contributed by atoms with Crippen LogP contribution in [0, 0.1) is 5.41 Å². The highest BCUT2D eigenvalue weighted by Gasteiger charge is 2.11. The molecule has 0 saturated heterocycles. The van der Waals surface area contributed by atoms with E-state index in [0.29, 0.717) is 22.8 Å². The van der Waals surface area contributed by atoms with Crippen molar-refractivity contribution in [1.29, 1.82) is 5.41 Å². The van der Waals surface area contributed by atoms with Crippen LogP contribution in [0.3, 0.4) is 0 Å². The van der Waals surface area contributed by atoms with Crippen molar-refractivity contribution in [3.05, 3.63) is 54.1 Å². The summed E-state index contributed by atoms with van der Waals surface area (Å²) in [7, 11) is 1.60. The Hall–Kier alpha value is -2.82. The largest absolute Gasteiger partial charge is 0.497 e. The quantitative estimate of drug-likeness (QED) is 0.800. The topological polar surface area (TPSA) is 71.4 Å². The Morgan fingerprint density at radius 2 is 1.74 bits per heavy atom. The molecule has 0 aromatic heterocycles. The fourth-order valence-corrected chi connectivity index (χ4v) is 1.86. The second kappa shape index (κ2) is 7.45. The molecule has 2 rings (SSSR count). The summed E-state index contributed by atoms with van der Waals surface area (Å²) in [5.74, 6) is 1.80. The van der Waals surface area contributed by atoms with E-state index in [1.807, 2.05) is 18.2 Å². The molecule has 0 bridgehead atoms. The summed E-state index contributed by atoms with van der Waals surface area (Å²) in [6, 6.07) is 13.9. The summed E-state index contributed by atoms with van der Waals surface area (Å²) in [5.41, 5.74) is 0.937. The van der Waals surface area contributed by atoms with Crippen LogP contribution in [0.5, 0.6) is 17.2 Å². The van der Waals surface area contributed by atoms with Crippen LogP contribution < -0.4 is 14.8 Å². The summed E-state index contributed by atoms with van der Waals surface area (Å²) < 4.78 is 10.9. The number of hydrogen-bond donors (Lipinski definition) is 2. The predicted molar refractivity (Wildman–Crippen MR) is 89.8 cm³/mol. The van der Waals surface area contributed by atoms with Gasteiger partial charge in [0.2, 0.25) is 0 Å². The third-order valence-corrected chi connectivity index (χ3v) is 3.39. The summed E-state index contributed by atoms with van der Waals surface area (Å²) in [6.45, 7) is 3.44. The highest BCUT2D eigenvalue weighted by Crippen LogP contribution is 2.25. The lowest BCUT2D eigenvalue weighted by Crippen LogP contribution is -2.36. The number of benzene rings is 2. The second-order valence-corrected chi connectivity index (χ2v) is 5.18. The molecule has 0 heterocycles. The zero-order valence-electron chi connectivity index (χ0n) is 13.4. The molecule has 0 spiro atoms. The maximum Gasteiger partial charge on any atom is 0.251 e. The van der Waals surface area contributed by atoms with Crippen LogP contribution in [-0.4, -0.2) is 24.8 Å². The maximum absolute atomic E-state index is 12.0. The smallest absolute Gasteiger partial charge is 0.251 e. The molecule has 1 atom stereocenters. The summed E-state index contributed by atoms with van der Waals surface area (Å²) >= 11 is 0. The van der Waals surface area contributed by atoms with Gasteiger partial charge >= 0.3 is 0 Å². The molecule has 2 aromatic carbocycles. The van der Waals surface area contributed by atoms with E-state index in [1.165, 1.54) is 0 Å². The fourth-order valence-electron chi connectivity index (χ4n) is 1.86. The molecule has 1 unspecified atom stereocenters. The molecule has 2 N–H and O–H groups in total. The van der Waals surface area contributed by atoms with E-state index in [9.17, 15) is 4.79 Å². The predicted octanol–water partition coefficient (Wildman–Crippen LogP) is 3.65. The van der Waals surface area contributed by atoms with Crippen LogP contribution in [0.15, 0.2) is 48.5 Å². The number of hydrogen-bond acceptors (Lipinski definition) is 4. The Balaban J connectivity index is 2.04. The van der Waals surface area contributed by atoms with Crippen LogP contribution in [0.1, 0.15) is 24.2 Å². The number of carbonyl (C=O) groups excluding carboxylic acids is 1.